The van der Waals surface area contributed by atoms with Crippen molar-refractivity contribution in [2.45, 2.75) is 72.5 Å². The molecule has 0 N–H and O–H groups in total. The van der Waals surface area contributed by atoms with Gasteiger partial charge in [-0.15, -0.1) is 6.58 Å². The highest BCUT2D eigenvalue weighted by atomic mass is 32.1. The first-order chi connectivity index (χ1) is 9.76. The van der Waals surface area contributed by atoms with Crippen molar-refractivity contribution in [1.29, 1.82) is 0 Å². The molecule has 0 bridgehead atoms. The Labute approximate surface area is 138 Å². The van der Waals surface area contributed by atoms with Gasteiger partial charge in [0.15, 0.2) is 0 Å². The Balaban J connectivity index is 3.04. The maximum absolute atomic E-state index is 4.94. The third-order valence-corrected chi connectivity index (χ3v) is 6.17. The maximum Gasteiger partial charge on any atom is 0.00799 e. The van der Waals surface area contributed by atoms with E-state index in [1.54, 1.807) is 0 Å². The van der Waals surface area contributed by atoms with Crippen molar-refractivity contribution >= 4 is 12.6 Å². The zero-order chi connectivity index (χ0) is 16.2. The van der Waals surface area contributed by atoms with Crippen LogP contribution in [0.15, 0.2) is 24.3 Å². The van der Waals surface area contributed by atoms with Gasteiger partial charge in [-0.25, -0.2) is 0 Å². The molecule has 122 valence electrons. The highest BCUT2D eigenvalue weighted by Crippen LogP contribution is 2.54. The first-order valence-corrected chi connectivity index (χ1v) is 9.26. The van der Waals surface area contributed by atoms with E-state index in [0.717, 1.165) is 37.0 Å². The molecular formula is C20H36S. The molecule has 1 aliphatic carbocycles. The zero-order valence-corrected chi connectivity index (χ0v) is 15.9. The summed E-state index contributed by atoms with van der Waals surface area (Å²) in [5.74, 6) is 3.07. The van der Waals surface area contributed by atoms with E-state index in [4.69, 9.17) is 12.6 Å². The number of hydrogen-bond donors (Lipinski definition) is 1. The van der Waals surface area contributed by atoms with Crippen molar-refractivity contribution in [1.82, 2.24) is 0 Å². The highest BCUT2D eigenvalue weighted by Gasteiger charge is 2.48. The average molecular weight is 309 g/mol. The lowest BCUT2D eigenvalue weighted by Crippen LogP contribution is -2.48. The molecule has 0 radical (unpaired) electrons. The van der Waals surface area contributed by atoms with Crippen LogP contribution >= 0.6 is 12.6 Å². The van der Waals surface area contributed by atoms with Crippen LogP contribution in [0.5, 0.6) is 0 Å². The molecule has 21 heavy (non-hydrogen) atoms. The van der Waals surface area contributed by atoms with Crippen molar-refractivity contribution < 1.29 is 0 Å². The zero-order valence-electron chi connectivity index (χ0n) is 15.0. The van der Waals surface area contributed by atoms with Gasteiger partial charge < -0.3 is 0 Å². The fourth-order valence-corrected chi connectivity index (χ4v) is 4.32. The second kappa shape index (κ2) is 7.90. The fraction of sp³-hybridized carbons (Fsp3) is 0.800. The lowest BCUT2D eigenvalue weighted by molar-refractivity contribution is -0.0290. The largest absolute Gasteiger partial charge is 0.175 e. The smallest absolute Gasteiger partial charge is 0.00799 e. The normalized spacial score (nSPS) is 29.7. The van der Waals surface area contributed by atoms with Gasteiger partial charge in [-0.3, -0.25) is 0 Å². The number of hydrogen-bond acceptors (Lipinski definition) is 1. The Kier molecular flexibility index (Phi) is 7.10. The summed E-state index contributed by atoms with van der Waals surface area (Å²) in [4.78, 5) is 0. The van der Waals surface area contributed by atoms with E-state index in [0.29, 0.717) is 16.6 Å². The van der Waals surface area contributed by atoms with E-state index in [-0.39, 0.29) is 0 Å². The minimum Gasteiger partial charge on any atom is -0.175 e. The summed E-state index contributed by atoms with van der Waals surface area (Å²) in [7, 11) is 0. The van der Waals surface area contributed by atoms with Crippen molar-refractivity contribution in [2.75, 3.05) is 0 Å². The molecule has 0 nitrogen and oxygen atoms in total. The monoisotopic (exact) mass is 308 g/mol. The van der Waals surface area contributed by atoms with Crippen molar-refractivity contribution in [3.8, 4) is 0 Å². The van der Waals surface area contributed by atoms with E-state index in [1.165, 1.54) is 12.0 Å². The van der Waals surface area contributed by atoms with Crippen LogP contribution in [0.1, 0.15) is 67.2 Å². The second-order valence-electron chi connectivity index (χ2n) is 7.99. The molecule has 1 rings (SSSR count). The molecule has 0 amide bonds. The van der Waals surface area contributed by atoms with Crippen LogP contribution in [-0.4, -0.2) is 5.25 Å². The van der Waals surface area contributed by atoms with Gasteiger partial charge in [0.2, 0.25) is 0 Å². The number of rotatable bonds is 7. The van der Waals surface area contributed by atoms with Gasteiger partial charge >= 0.3 is 0 Å². The lowest BCUT2D eigenvalue weighted by Gasteiger charge is -2.54. The van der Waals surface area contributed by atoms with Gasteiger partial charge in [-0.05, 0) is 54.8 Å². The van der Waals surface area contributed by atoms with Gasteiger partial charge in [-0.2, -0.15) is 12.6 Å². The van der Waals surface area contributed by atoms with Gasteiger partial charge in [0.25, 0.3) is 0 Å². The predicted molar refractivity (Wildman–Crippen MR) is 100.0 cm³/mol. The topological polar surface area (TPSA) is 0 Å². The fourth-order valence-electron chi connectivity index (χ4n) is 4.03. The summed E-state index contributed by atoms with van der Waals surface area (Å²) in [5.41, 5.74) is 1.95. The van der Waals surface area contributed by atoms with E-state index >= 15 is 0 Å². The van der Waals surface area contributed by atoms with Crippen LogP contribution in [0.25, 0.3) is 0 Å². The van der Waals surface area contributed by atoms with Crippen LogP contribution in [0, 0.1) is 29.1 Å². The third kappa shape index (κ3) is 4.65. The van der Waals surface area contributed by atoms with Gasteiger partial charge in [0.05, 0.1) is 0 Å². The van der Waals surface area contributed by atoms with E-state index < -0.39 is 0 Å². The summed E-state index contributed by atoms with van der Waals surface area (Å²) in [5, 5.41) is 0.481. The summed E-state index contributed by atoms with van der Waals surface area (Å²) >= 11 is 4.94. The SMILES string of the molecule is C=CC/C(=C\C(C(S)CC)C1C(C)CC1C(C)(C)C)CC. The summed E-state index contributed by atoms with van der Waals surface area (Å²) < 4.78 is 0. The minimum atomic E-state index is 0.412. The Hall–Kier alpha value is -0.170. The van der Waals surface area contributed by atoms with Crippen molar-refractivity contribution in [3.63, 3.8) is 0 Å². The summed E-state index contributed by atoms with van der Waals surface area (Å²) in [6.45, 7) is 18.1. The first-order valence-electron chi connectivity index (χ1n) is 8.74. The second-order valence-corrected chi connectivity index (χ2v) is 8.65. The minimum absolute atomic E-state index is 0.412. The first kappa shape index (κ1) is 18.9. The van der Waals surface area contributed by atoms with Crippen LogP contribution in [-0.2, 0) is 0 Å². The third-order valence-electron chi connectivity index (χ3n) is 5.46. The van der Waals surface area contributed by atoms with Crippen LogP contribution in [0.2, 0.25) is 0 Å². The number of thiol groups is 1. The molecule has 1 aliphatic rings. The highest BCUT2D eigenvalue weighted by molar-refractivity contribution is 7.81. The molecule has 5 unspecified atom stereocenters. The molecule has 5 atom stereocenters. The molecule has 1 fully saturated rings. The van der Waals surface area contributed by atoms with Crippen LogP contribution in [0.3, 0.4) is 0 Å². The van der Waals surface area contributed by atoms with E-state index in [2.05, 4.69) is 54.2 Å². The Morgan fingerprint density at radius 3 is 2.33 bits per heavy atom. The Bertz CT molecular complexity index is 361. The molecule has 0 heterocycles. The van der Waals surface area contributed by atoms with E-state index in [1.807, 2.05) is 6.08 Å². The average Bonchev–Trinajstić information content (AvgIpc) is 2.40. The van der Waals surface area contributed by atoms with Crippen molar-refractivity contribution in [2.24, 2.45) is 29.1 Å². The Morgan fingerprint density at radius 1 is 1.33 bits per heavy atom. The van der Waals surface area contributed by atoms with Gasteiger partial charge in [-0.1, -0.05) is 59.3 Å². The summed E-state index contributed by atoms with van der Waals surface area (Å²) in [6, 6.07) is 0. The molecule has 0 spiro atoms. The predicted octanol–water partition coefficient (Wildman–Crippen LogP) is 6.54. The maximum atomic E-state index is 4.94. The molecule has 1 heteroatoms. The molecular weight excluding hydrogens is 272 g/mol. The lowest BCUT2D eigenvalue weighted by atomic mass is 9.52. The van der Waals surface area contributed by atoms with Gasteiger partial charge in [0.1, 0.15) is 0 Å². The Morgan fingerprint density at radius 2 is 1.95 bits per heavy atom. The molecule has 0 saturated heterocycles. The van der Waals surface area contributed by atoms with Crippen LogP contribution < -0.4 is 0 Å². The standard InChI is InChI=1S/C20H36S/c1-8-11-15(9-2)13-16(18(21)10-3)19-14(4)12-17(19)20(5,6)7/h8,13-14,16-19,21H,1,9-12H2,2-7H3/b15-13-. The van der Waals surface area contributed by atoms with Gasteiger partial charge in [0, 0.05) is 5.25 Å². The molecule has 0 aromatic rings. The van der Waals surface area contributed by atoms with Crippen LogP contribution in [0.4, 0.5) is 0 Å². The quantitative estimate of drug-likeness (QED) is 0.400. The van der Waals surface area contributed by atoms with E-state index in [9.17, 15) is 0 Å². The molecule has 1 saturated carbocycles. The summed E-state index contributed by atoms with van der Waals surface area (Å²) in [6.07, 6.45) is 9.28. The van der Waals surface area contributed by atoms with Crippen molar-refractivity contribution in [3.05, 3.63) is 24.3 Å². The molecule has 0 aromatic carbocycles. The molecule has 0 aliphatic heterocycles. The number of allylic oxidation sites excluding steroid dienone is 3. The molecule has 0 aromatic heterocycles.